The van der Waals surface area contributed by atoms with Crippen molar-refractivity contribution in [3.8, 4) is 0 Å². The van der Waals surface area contributed by atoms with E-state index in [1.54, 1.807) is 12.1 Å². The molecule has 0 saturated carbocycles. The van der Waals surface area contributed by atoms with Gasteiger partial charge in [-0.3, -0.25) is 14.5 Å². The number of hydrogen-bond acceptors (Lipinski definition) is 8. The normalized spacial score (nSPS) is 16.2. The molecule has 14 heteroatoms. The summed E-state index contributed by atoms with van der Waals surface area (Å²) in [6.45, 7) is 13.6. The van der Waals surface area contributed by atoms with Crippen LogP contribution in [-0.4, -0.2) is 81.1 Å². The standard InChI is InChI=1S/C36H45F3N8O2.C2H6.CH3.U/c1-25-18-30(3-4-32(25)44-35(49)7-11-41-24-48)46-16-14-45(15-17-46)23-26-8-12-47(13-9-26)33-5-2-29(20-31(33)36(37,38)39)43-34-19-28-21-40-10-6-27(28)22-42-34;1-2;;/h2-5,18-20,22,24,26,40H,6-17,21,23H2,1H3,(H,41,48)(H,42,43)(H,44,49);1-2H3;1H3;/q;;-1;. The second-order valence-corrected chi connectivity index (χ2v) is 13.2. The number of aryl methyl sites for hydroxylation is 1. The van der Waals surface area contributed by atoms with Gasteiger partial charge in [-0.15, -0.1) is 0 Å². The van der Waals surface area contributed by atoms with Gasteiger partial charge in [0, 0.05) is 125 Å². The van der Waals surface area contributed by atoms with Gasteiger partial charge < -0.3 is 38.5 Å². The SMILES string of the molecule is CC.Cc1cc(N2CCN(CC3CCN(c4ccc(Nc5cc6c(cn5)CCNC6)cc4C(F)(F)F)CC3)CC2)ccc1NC(=O)CCNC=O.[CH3-].[U]. The van der Waals surface area contributed by atoms with E-state index in [2.05, 4.69) is 42.1 Å². The summed E-state index contributed by atoms with van der Waals surface area (Å²) in [6, 6.07) is 12.5. The zero-order valence-corrected chi connectivity index (χ0v) is 35.6. The third kappa shape index (κ3) is 12.1. The van der Waals surface area contributed by atoms with Gasteiger partial charge in [-0.1, -0.05) is 13.8 Å². The largest absolute Gasteiger partial charge is 0.418 e. The number of fused-ring (bicyclic) bond motifs is 1. The number of nitrogens with zero attached hydrogens (tertiary/aromatic N) is 4. The number of amides is 2. The Bertz CT molecular complexity index is 1630. The molecule has 53 heavy (non-hydrogen) atoms. The summed E-state index contributed by atoms with van der Waals surface area (Å²) in [5.41, 5.74) is 5.14. The van der Waals surface area contributed by atoms with Crippen LogP contribution < -0.4 is 31.1 Å². The second kappa shape index (κ2) is 21.0. The first kappa shape index (κ1) is 44.1. The summed E-state index contributed by atoms with van der Waals surface area (Å²) < 4.78 is 42.9. The summed E-state index contributed by atoms with van der Waals surface area (Å²) in [7, 11) is 0. The van der Waals surface area contributed by atoms with Gasteiger partial charge in [-0.2, -0.15) is 13.2 Å². The maximum atomic E-state index is 14.3. The van der Waals surface area contributed by atoms with E-state index >= 15 is 0 Å². The number of rotatable bonds is 11. The summed E-state index contributed by atoms with van der Waals surface area (Å²) in [5, 5.41) is 11.8. The molecule has 0 aliphatic carbocycles. The molecule has 2 aromatic carbocycles. The quantitative estimate of drug-likeness (QED) is 0.0998. The summed E-state index contributed by atoms with van der Waals surface area (Å²) in [4.78, 5) is 33.7. The van der Waals surface area contributed by atoms with E-state index in [0.29, 0.717) is 43.5 Å². The number of halogens is 3. The minimum absolute atomic E-state index is 0. The fourth-order valence-corrected chi connectivity index (χ4v) is 7.05. The molecule has 2 fully saturated rings. The van der Waals surface area contributed by atoms with E-state index < -0.39 is 11.7 Å². The Morgan fingerprint density at radius 2 is 1.72 bits per heavy atom. The second-order valence-electron chi connectivity index (χ2n) is 13.2. The number of piperazine rings is 1. The van der Waals surface area contributed by atoms with Crippen molar-refractivity contribution < 1.29 is 53.9 Å². The van der Waals surface area contributed by atoms with Crippen LogP contribution in [0.4, 0.5) is 41.7 Å². The minimum atomic E-state index is -4.47. The van der Waals surface area contributed by atoms with Crippen molar-refractivity contribution in [3.63, 3.8) is 0 Å². The van der Waals surface area contributed by atoms with Crippen LogP contribution in [-0.2, 0) is 28.7 Å². The predicted molar refractivity (Wildman–Crippen MR) is 204 cm³/mol. The van der Waals surface area contributed by atoms with E-state index in [-0.39, 0.29) is 56.6 Å². The molecule has 0 unspecified atom stereocenters. The van der Waals surface area contributed by atoms with E-state index in [4.69, 9.17) is 0 Å². The molecule has 0 bridgehead atoms. The summed E-state index contributed by atoms with van der Waals surface area (Å²) in [6.07, 6.45) is 0.730. The van der Waals surface area contributed by atoms with Gasteiger partial charge in [0.05, 0.1) is 5.56 Å². The molecule has 3 aromatic rings. The third-order valence-electron chi connectivity index (χ3n) is 9.82. The molecule has 3 aliphatic rings. The number of benzene rings is 2. The number of piperidine rings is 1. The average molecular weight is 962 g/mol. The van der Waals surface area contributed by atoms with Gasteiger partial charge in [0.25, 0.3) is 0 Å². The monoisotopic (exact) mass is 961 g/mol. The molecule has 4 heterocycles. The molecule has 3 aliphatic heterocycles. The number of aromatic nitrogens is 1. The van der Waals surface area contributed by atoms with Crippen molar-refractivity contribution in [2.75, 3.05) is 79.3 Å². The number of alkyl halides is 3. The van der Waals surface area contributed by atoms with Gasteiger partial charge in [0.1, 0.15) is 5.82 Å². The Kier molecular flexibility index (Phi) is 17.4. The first-order chi connectivity index (χ1) is 24.7. The van der Waals surface area contributed by atoms with E-state index in [0.717, 1.165) is 87.6 Å². The topological polar surface area (TPSA) is 105 Å². The maximum Gasteiger partial charge on any atom is 0.418 e. The van der Waals surface area contributed by atoms with Crippen LogP contribution in [0.15, 0.2) is 48.7 Å². The average Bonchev–Trinajstić information content (AvgIpc) is 3.14. The van der Waals surface area contributed by atoms with Crippen LogP contribution in [0, 0.1) is 51.4 Å². The van der Waals surface area contributed by atoms with Gasteiger partial charge in [0.2, 0.25) is 12.3 Å². The molecule has 288 valence electrons. The van der Waals surface area contributed by atoms with E-state index in [9.17, 15) is 22.8 Å². The Morgan fingerprint density at radius 1 is 0.981 bits per heavy atom. The zero-order chi connectivity index (χ0) is 36.4. The molecule has 2 amide bonds. The van der Waals surface area contributed by atoms with Crippen LogP contribution in [0.2, 0.25) is 0 Å². The Morgan fingerprint density at radius 3 is 2.40 bits per heavy atom. The molecular formula is C39H54F3N8O2U-. The van der Waals surface area contributed by atoms with Crippen LogP contribution in [0.25, 0.3) is 0 Å². The van der Waals surface area contributed by atoms with Crippen LogP contribution in [0.1, 0.15) is 55.4 Å². The molecule has 1 aromatic heterocycles. The predicted octanol–water partition coefficient (Wildman–Crippen LogP) is 6.39. The number of hydrogen-bond donors (Lipinski definition) is 4. The molecular weight excluding hydrogens is 908 g/mol. The van der Waals surface area contributed by atoms with Crippen molar-refractivity contribution in [2.24, 2.45) is 5.92 Å². The number of carbonyl (C=O) groups is 2. The third-order valence-corrected chi connectivity index (χ3v) is 9.82. The van der Waals surface area contributed by atoms with Crippen LogP contribution in [0.5, 0.6) is 0 Å². The van der Waals surface area contributed by atoms with Crippen molar-refractivity contribution in [3.05, 3.63) is 78.3 Å². The van der Waals surface area contributed by atoms with Crippen molar-refractivity contribution >= 4 is 40.9 Å². The molecule has 4 N–H and O–H groups in total. The summed E-state index contributed by atoms with van der Waals surface area (Å²) >= 11 is 0. The van der Waals surface area contributed by atoms with E-state index in [1.165, 1.54) is 11.6 Å². The van der Waals surface area contributed by atoms with Crippen molar-refractivity contribution in [1.29, 1.82) is 0 Å². The van der Waals surface area contributed by atoms with Crippen molar-refractivity contribution in [1.82, 2.24) is 20.5 Å². The Labute approximate surface area is 336 Å². The van der Waals surface area contributed by atoms with Crippen molar-refractivity contribution in [2.45, 2.75) is 59.2 Å². The molecule has 10 nitrogen and oxygen atoms in total. The first-order valence-electron chi connectivity index (χ1n) is 18.1. The summed E-state index contributed by atoms with van der Waals surface area (Å²) in [5.74, 6) is 0.836. The van der Waals surface area contributed by atoms with Crippen LogP contribution >= 0.6 is 0 Å². The maximum absolute atomic E-state index is 14.3. The first-order valence-corrected chi connectivity index (χ1v) is 18.1. The fourth-order valence-electron chi connectivity index (χ4n) is 7.05. The van der Waals surface area contributed by atoms with E-state index in [1.807, 2.05) is 50.1 Å². The smallest absolute Gasteiger partial charge is 0.371 e. The number of pyridine rings is 1. The Hall–Kier alpha value is -3.31. The minimum Gasteiger partial charge on any atom is -0.371 e. The zero-order valence-electron chi connectivity index (χ0n) is 31.4. The number of carbonyl (C=O) groups excluding carboxylic acids is 2. The molecule has 2 saturated heterocycles. The molecule has 0 spiro atoms. The van der Waals surface area contributed by atoms with Gasteiger partial charge in [-0.05, 0) is 97.8 Å². The van der Waals surface area contributed by atoms with Gasteiger partial charge >= 0.3 is 6.18 Å². The molecule has 0 atom stereocenters. The fraction of sp³-hybridized carbons (Fsp3) is 0.487. The molecule has 6 rings (SSSR count). The number of nitrogens with one attached hydrogen (secondary N) is 4. The number of anilines is 5. The van der Waals surface area contributed by atoms with Gasteiger partial charge in [-0.25, -0.2) is 4.98 Å². The molecule has 0 radical (unpaired) electrons. The van der Waals surface area contributed by atoms with Crippen LogP contribution in [0.3, 0.4) is 0 Å². The Balaban J connectivity index is 0.00000186. The van der Waals surface area contributed by atoms with Gasteiger partial charge in [0.15, 0.2) is 0 Å².